The summed E-state index contributed by atoms with van der Waals surface area (Å²) in [4.78, 5) is 20.8. The Morgan fingerprint density at radius 1 is 1.34 bits per heavy atom. The molecule has 0 aromatic heterocycles. The third-order valence-electron chi connectivity index (χ3n) is 4.61. The molecule has 154 valence electrons. The van der Waals surface area contributed by atoms with Crippen LogP contribution in [0.3, 0.4) is 0 Å². The lowest BCUT2D eigenvalue weighted by Gasteiger charge is -2.10. The van der Waals surface area contributed by atoms with Crippen LogP contribution >= 0.6 is 15.9 Å². The maximum absolute atomic E-state index is 13.3. The molecule has 0 spiro atoms. The largest absolute Gasteiger partial charge is 0.482 e. The van der Waals surface area contributed by atoms with Gasteiger partial charge in [-0.1, -0.05) is 13.0 Å². The summed E-state index contributed by atoms with van der Waals surface area (Å²) in [6, 6.07) is 5.43. The summed E-state index contributed by atoms with van der Waals surface area (Å²) in [5, 5.41) is 10.5. The number of aryl methyl sites for hydroxylation is 1. The maximum atomic E-state index is 13.3. The first-order valence-corrected chi connectivity index (χ1v) is 9.56. The molecule has 0 amide bonds. The first-order chi connectivity index (χ1) is 13.5. The molecular formula is C21H20BrF2NO4. The van der Waals surface area contributed by atoms with Crippen LogP contribution in [0.5, 0.6) is 5.75 Å². The number of nitro groups is 1. The van der Waals surface area contributed by atoms with Crippen LogP contribution in [0.15, 0.2) is 41.4 Å². The number of Topliss-reactive ketones (excluding diaryl/α,β-unsaturated/α-hetero) is 1. The number of fused-ring (bicyclic) bond motifs is 1. The van der Waals surface area contributed by atoms with Gasteiger partial charge in [0.15, 0.2) is 11.9 Å². The van der Waals surface area contributed by atoms with Gasteiger partial charge in [-0.15, -0.1) is 6.58 Å². The van der Waals surface area contributed by atoms with Gasteiger partial charge < -0.3 is 4.74 Å². The fourth-order valence-corrected chi connectivity index (χ4v) is 3.29. The second-order valence-corrected chi connectivity index (χ2v) is 7.59. The summed E-state index contributed by atoms with van der Waals surface area (Å²) in [5.41, 5.74) is 1.83. The Kier molecular flexibility index (Phi) is 7.24. The van der Waals surface area contributed by atoms with Crippen LogP contribution in [-0.2, 0) is 11.2 Å². The van der Waals surface area contributed by atoms with Crippen molar-refractivity contribution in [3.05, 3.63) is 79.8 Å². The minimum atomic E-state index is -0.797. The smallest absolute Gasteiger partial charge is 0.305 e. The van der Waals surface area contributed by atoms with Crippen LogP contribution in [0.4, 0.5) is 14.5 Å². The van der Waals surface area contributed by atoms with Gasteiger partial charge >= 0.3 is 5.69 Å². The average Bonchev–Trinajstić information content (AvgIpc) is 3.06. The van der Waals surface area contributed by atoms with Crippen molar-refractivity contribution in [3.8, 4) is 5.75 Å². The van der Waals surface area contributed by atoms with E-state index in [9.17, 15) is 23.7 Å². The van der Waals surface area contributed by atoms with Gasteiger partial charge in [-0.05, 0) is 64.5 Å². The van der Waals surface area contributed by atoms with E-state index in [-0.39, 0.29) is 17.5 Å². The van der Waals surface area contributed by atoms with E-state index in [2.05, 4.69) is 22.5 Å². The zero-order valence-electron chi connectivity index (χ0n) is 16.2. The van der Waals surface area contributed by atoms with Crippen LogP contribution in [-0.4, -0.2) is 16.8 Å². The molecule has 1 aliphatic rings. The quantitative estimate of drug-likeness (QED) is 0.323. The van der Waals surface area contributed by atoms with Crippen molar-refractivity contribution in [3.63, 3.8) is 0 Å². The van der Waals surface area contributed by atoms with E-state index < -0.39 is 22.5 Å². The first kappa shape index (κ1) is 22.7. The predicted octanol–water partition coefficient (Wildman–Crippen LogP) is 5.81. The number of ketones is 1. The van der Waals surface area contributed by atoms with E-state index in [0.717, 1.165) is 11.1 Å². The molecule has 2 atom stereocenters. The van der Waals surface area contributed by atoms with E-state index in [1.807, 2.05) is 6.92 Å². The van der Waals surface area contributed by atoms with Gasteiger partial charge in [0, 0.05) is 18.6 Å². The molecule has 29 heavy (non-hydrogen) atoms. The number of hydrogen-bond acceptors (Lipinski definition) is 4. The summed E-state index contributed by atoms with van der Waals surface area (Å²) in [7, 11) is 0. The molecule has 5 nitrogen and oxygen atoms in total. The van der Waals surface area contributed by atoms with Gasteiger partial charge in [0.05, 0.1) is 9.40 Å². The number of hydrogen-bond donors (Lipinski definition) is 0. The SMILES string of the molecule is C=CC(C)c1cc(F)c([N+](=O)[O-])cc1C.CC(=O)C1Cc2cc(Br)c(F)cc2O1. The number of halogens is 3. The standard InChI is InChI=1S/C11H12FNO2.C10H8BrFO2/c1-4-7(2)9-6-10(12)11(13(14)15)5-8(9)3;1-5(13)9-3-6-2-7(11)8(12)4-10(6)14-9/h4-7H,1H2,2-3H3;2,4,9H,3H2,1H3. The number of carbonyl (C=O) groups excluding carboxylic acids is 1. The highest BCUT2D eigenvalue weighted by atomic mass is 79.9. The summed E-state index contributed by atoms with van der Waals surface area (Å²) in [6.07, 6.45) is 1.76. The molecule has 0 saturated heterocycles. The van der Waals surface area contributed by atoms with Gasteiger partial charge in [-0.25, -0.2) is 4.39 Å². The molecule has 0 bridgehead atoms. The van der Waals surface area contributed by atoms with E-state index in [1.54, 1.807) is 19.1 Å². The summed E-state index contributed by atoms with van der Waals surface area (Å²) in [5.74, 6) is -0.730. The number of carbonyl (C=O) groups is 1. The lowest BCUT2D eigenvalue weighted by molar-refractivity contribution is -0.387. The molecular weight excluding hydrogens is 448 g/mol. The number of rotatable bonds is 4. The second-order valence-electron chi connectivity index (χ2n) is 6.74. The highest BCUT2D eigenvalue weighted by molar-refractivity contribution is 9.10. The Morgan fingerprint density at radius 2 is 2.00 bits per heavy atom. The number of allylic oxidation sites excluding steroid dienone is 1. The van der Waals surface area contributed by atoms with E-state index >= 15 is 0 Å². The topological polar surface area (TPSA) is 69.4 Å². The van der Waals surface area contributed by atoms with Gasteiger partial charge in [0.1, 0.15) is 11.6 Å². The minimum absolute atomic E-state index is 0.0136. The van der Waals surface area contributed by atoms with Crippen LogP contribution in [0, 0.1) is 28.7 Å². The molecule has 0 fully saturated rings. The molecule has 0 aliphatic carbocycles. The van der Waals surface area contributed by atoms with Crippen molar-refractivity contribution in [2.24, 2.45) is 0 Å². The normalized spacial score (nSPS) is 15.4. The molecule has 1 heterocycles. The van der Waals surface area contributed by atoms with Crippen LogP contribution < -0.4 is 4.74 Å². The van der Waals surface area contributed by atoms with Crippen LogP contribution in [0.1, 0.15) is 36.5 Å². The van der Waals surface area contributed by atoms with Crippen molar-refractivity contribution in [2.75, 3.05) is 0 Å². The minimum Gasteiger partial charge on any atom is -0.482 e. The average molecular weight is 468 g/mol. The third-order valence-corrected chi connectivity index (χ3v) is 5.22. The molecule has 0 N–H and O–H groups in total. The third kappa shape index (κ3) is 5.26. The molecule has 1 aliphatic heterocycles. The van der Waals surface area contributed by atoms with Gasteiger partial charge in [-0.2, -0.15) is 4.39 Å². The zero-order valence-corrected chi connectivity index (χ0v) is 17.8. The fourth-order valence-electron chi connectivity index (χ4n) is 2.90. The highest BCUT2D eigenvalue weighted by Gasteiger charge is 2.27. The number of ether oxygens (including phenoxy) is 1. The number of benzene rings is 2. The van der Waals surface area contributed by atoms with Crippen molar-refractivity contribution in [2.45, 2.75) is 39.2 Å². The van der Waals surface area contributed by atoms with Crippen LogP contribution in [0.2, 0.25) is 0 Å². The molecule has 0 radical (unpaired) electrons. The van der Waals surface area contributed by atoms with Crippen molar-refractivity contribution in [1.82, 2.24) is 0 Å². The Labute approximate surface area is 175 Å². The van der Waals surface area contributed by atoms with E-state index in [4.69, 9.17) is 4.74 Å². The van der Waals surface area contributed by atoms with Crippen LogP contribution in [0.25, 0.3) is 0 Å². The monoisotopic (exact) mass is 467 g/mol. The first-order valence-electron chi connectivity index (χ1n) is 8.77. The Hall–Kier alpha value is -2.61. The van der Waals surface area contributed by atoms with Gasteiger partial charge in [-0.3, -0.25) is 14.9 Å². The molecule has 2 aromatic carbocycles. The number of nitro benzene ring substituents is 1. The van der Waals surface area contributed by atoms with Crippen molar-refractivity contribution >= 4 is 27.4 Å². The molecule has 3 rings (SSSR count). The highest BCUT2D eigenvalue weighted by Crippen LogP contribution is 2.33. The second kappa shape index (κ2) is 9.26. The lowest BCUT2D eigenvalue weighted by Crippen LogP contribution is -2.21. The summed E-state index contributed by atoms with van der Waals surface area (Å²) in [6.45, 7) is 8.67. The molecule has 2 aromatic rings. The predicted molar refractivity (Wildman–Crippen MR) is 109 cm³/mol. The Morgan fingerprint density at radius 3 is 2.55 bits per heavy atom. The van der Waals surface area contributed by atoms with E-state index in [0.29, 0.717) is 22.2 Å². The van der Waals surface area contributed by atoms with E-state index in [1.165, 1.54) is 25.1 Å². The molecule has 2 unspecified atom stereocenters. The van der Waals surface area contributed by atoms with Gasteiger partial charge in [0.25, 0.3) is 0 Å². The Balaban J connectivity index is 0.000000207. The van der Waals surface area contributed by atoms with Crippen molar-refractivity contribution in [1.29, 1.82) is 0 Å². The summed E-state index contributed by atoms with van der Waals surface area (Å²) < 4.78 is 32.1. The number of nitrogens with zero attached hydrogens (tertiary/aromatic N) is 1. The molecule has 0 saturated carbocycles. The molecule has 8 heteroatoms. The lowest BCUT2D eigenvalue weighted by atomic mass is 9.96. The fraction of sp³-hybridized carbons (Fsp3) is 0.286. The van der Waals surface area contributed by atoms with Gasteiger partial charge in [0.2, 0.25) is 5.82 Å². The Bertz CT molecular complexity index is 947. The maximum Gasteiger partial charge on any atom is 0.305 e. The zero-order chi connectivity index (χ0) is 21.9. The summed E-state index contributed by atoms with van der Waals surface area (Å²) >= 11 is 3.09. The van der Waals surface area contributed by atoms with Crippen molar-refractivity contribution < 1.29 is 23.2 Å².